The average Bonchev–Trinajstić information content (AvgIpc) is 2.54. The van der Waals surface area contributed by atoms with Crippen molar-refractivity contribution < 1.29 is 9.35 Å². The average molecular weight is 378 g/mol. The molecule has 0 amide bonds. The maximum Gasteiger partial charge on any atom is 0.292 e. The molecule has 0 atom stereocenters. The van der Waals surface area contributed by atoms with Gasteiger partial charge in [-0.2, -0.15) is 0 Å². The van der Waals surface area contributed by atoms with E-state index in [1.807, 2.05) is 0 Å². The van der Waals surface area contributed by atoms with Gasteiger partial charge in [0.25, 0.3) is 5.69 Å². The molecule has 144 valence electrons. The Balaban J connectivity index is 1.90. The second kappa shape index (κ2) is 7.90. The molecular weight excluding hydrogens is 346 g/mol. The lowest BCUT2D eigenvalue weighted by atomic mass is 9.98. The highest BCUT2D eigenvalue weighted by molar-refractivity contribution is 6.74. The van der Waals surface area contributed by atoms with Gasteiger partial charge in [0, 0.05) is 32.3 Å². The molecule has 1 aliphatic rings. The number of benzene rings is 1. The molecule has 0 radical (unpaired) electrons. The topological polar surface area (TPSA) is 81.6 Å². The maximum atomic E-state index is 10.9. The van der Waals surface area contributed by atoms with E-state index in [9.17, 15) is 10.1 Å². The predicted molar refractivity (Wildman–Crippen MR) is 110 cm³/mol. The van der Waals surface area contributed by atoms with Crippen LogP contribution in [0.3, 0.4) is 0 Å². The number of rotatable bonds is 6. The summed E-state index contributed by atoms with van der Waals surface area (Å²) in [6.45, 7) is 14.8. The van der Waals surface area contributed by atoms with Gasteiger partial charge in [-0.3, -0.25) is 15.0 Å². The van der Waals surface area contributed by atoms with E-state index in [4.69, 9.17) is 10.2 Å². The zero-order valence-corrected chi connectivity index (χ0v) is 17.5. The normalized spacial score (nSPS) is 16.4. The summed E-state index contributed by atoms with van der Waals surface area (Å²) in [4.78, 5) is 12.8. The highest BCUT2D eigenvalue weighted by Gasteiger charge is 2.37. The number of hydrogen-bond donors (Lipinski definition) is 1. The van der Waals surface area contributed by atoms with Crippen LogP contribution in [0, 0.1) is 10.1 Å². The van der Waals surface area contributed by atoms with Gasteiger partial charge in [-0.05, 0) is 47.8 Å². The summed E-state index contributed by atoms with van der Waals surface area (Å²) in [5, 5.41) is 11.1. The molecule has 6 nitrogen and oxygen atoms in total. The van der Waals surface area contributed by atoms with Gasteiger partial charge < -0.3 is 10.2 Å². The monoisotopic (exact) mass is 377 g/mol. The molecule has 1 aliphatic heterocycles. The Morgan fingerprint density at radius 3 is 2.54 bits per heavy atom. The Hall–Kier alpha value is -1.70. The van der Waals surface area contributed by atoms with Crippen LogP contribution in [-0.4, -0.2) is 44.4 Å². The van der Waals surface area contributed by atoms with Gasteiger partial charge in [-0.25, -0.2) is 0 Å². The number of nitrogen functional groups attached to an aromatic ring is 1. The van der Waals surface area contributed by atoms with Crippen LogP contribution in [0.5, 0.6) is 0 Å². The van der Waals surface area contributed by atoms with Crippen LogP contribution in [-0.2, 0) is 4.43 Å². The molecule has 0 fully saturated rings. The minimum absolute atomic E-state index is 0.0328. The molecule has 7 heteroatoms. The van der Waals surface area contributed by atoms with E-state index in [1.54, 1.807) is 12.1 Å². The number of nitro groups is 1. The standard InChI is InChI=1S/C19H31N3O3Si/c1-19(2,3)26(4,5)25-13-12-21-10-8-15(9-11-21)16-6-7-18(22(23)24)17(20)14-16/h6-8,14H,9-13,20H2,1-5H3. The van der Waals surface area contributed by atoms with Crippen LogP contribution in [0.1, 0.15) is 32.8 Å². The molecule has 2 rings (SSSR count). The molecule has 26 heavy (non-hydrogen) atoms. The summed E-state index contributed by atoms with van der Waals surface area (Å²) in [7, 11) is -1.69. The zero-order chi connectivity index (χ0) is 19.5. The number of nitrogens with zero attached hydrogens (tertiary/aromatic N) is 2. The molecule has 0 aromatic heterocycles. The molecule has 0 unspecified atom stereocenters. The first kappa shape index (κ1) is 20.6. The van der Waals surface area contributed by atoms with Gasteiger partial charge >= 0.3 is 0 Å². The largest absolute Gasteiger partial charge is 0.416 e. The summed E-state index contributed by atoms with van der Waals surface area (Å²) in [5.74, 6) is 0. The summed E-state index contributed by atoms with van der Waals surface area (Å²) in [6, 6.07) is 4.99. The minimum atomic E-state index is -1.69. The highest BCUT2D eigenvalue weighted by atomic mass is 28.4. The Bertz CT molecular complexity index is 696. The fourth-order valence-corrected chi connectivity index (χ4v) is 3.78. The SMILES string of the molecule is CC(C)(C)[Si](C)(C)OCCN1CC=C(c2ccc([N+](=O)[O-])c(N)c2)CC1. The van der Waals surface area contributed by atoms with Crippen LogP contribution < -0.4 is 5.73 Å². The first-order valence-corrected chi connectivity index (χ1v) is 12.0. The second-order valence-corrected chi connectivity index (χ2v) is 13.2. The summed E-state index contributed by atoms with van der Waals surface area (Å²) in [5.41, 5.74) is 8.17. The van der Waals surface area contributed by atoms with Gasteiger partial charge in [0.2, 0.25) is 0 Å². The molecule has 0 bridgehead atoms. The van der Waals surface area contributed by atoms with E-state index in [2.05, 4.69) is 44.8 Å². The first-order valence-electron chi connectivity index (χ1n) is 9.11. The highest BCUT2D eigenvalue weighted by Crippen LogP contribution is 2.36. The van der Waals surface area contributed by atoms with Gasteiger partial charge in [0.05, 0.1) is 4.92 Å². The minimum Gasteiger partial charge on any atom is -0.416 e. The molecule has 0 saturated heterocycles. The van der Waals surface area contributed by atoms with Crippen molar-refractivity contribution in [3.8, 4) is 0 Å². The third-order valence-corrected chi connectivity index (χ3v) is 10.1. The van der Waals surface area contributed by atoms with Crippen molar-refractivity contribution in [1.29, 1.82) is 0 Å². The summed E-state index contributed by atoms with van der Waals surface area (Å²) in [6.07, 6.45) is 3.10. The van der Waals surface area contributed by atoms with E-state index in [1.165, 1.54) is 11.6 Å². The fraction of sp³-hybridized carbons (Fsp3) is 0.579. The van der Waals surface area contributed by atoms with Crippen molar-refractivity contribution in [3.63, 3.8) is 0 Å². The van der Waals surface area contributed by atoms with E-state index in [0.29, 0.717) is 0 Å². The van der Waals surface area contributed by atoms with Crippen LogP contribution >= 0.6 is 0 Å². The lowest BCUT2D eigenvalue weighted by Gasteiger charge is -2.37. The van der Waals surface area contributed by atoms with E-state index in [-0.39, 0.29) is 16.4 Å². The molecule has 0 spiro atoms. The van der Waals surface area contributed by atoms with E-state index >= 15 is 0 Å². The van der Waals surface area contributed by atoms with Crippen molar-refractivity contribution in [2.24, 2.45) is 0 Å². The molecule has 2 N–H and O–H groups in total. The van der Waals surface area contributed by atoms with Crippen molar-refractivity contribution in [1.82, 2.24) is 4.90 Å². The molecule has 1 aromatic carbocycles. The lowest BCUT2D eigenvalue weighted by Crippen LogP contribution is -2.43. The fourth-order valence-electron chi connectivity index (χ4n) is 2.74. The van der Waals surface area contributed by atoms with E-state index in [0.717, 1.165) is 38.2 Å². The van der Waals surface area contributed by atoms with Crippen molar-refractivity contribution >= 4 is 25.3 Å². The van der Waals surface area contributed by atoms with Crippen LogP contribution in [0.25, 0.3) is 5.57 Å². The van der Waals surface area contributed by atoms with Crippen LogP contribution in [0.4, 0.5) is 11.4 Å². The van der Waals surface area contributed by atoms with E-state index < -0.39 is 13.2 Å². The Morgan fingerprint density at radius 1 is 1.35 bits per heavy atom. The third kappa shape index (κ3) is 4.93. The van der Waals surface area contributed by atoms with Gasteiger partial charge in [0.1, 0.15) is 5.69 Å². The quantitative estimate of drug-likeness (QED) is 0.346. The molecule has 1 aromatic rings. The first-order chi connectivity index (χ1) is 12.0. The van der Waals surface area contributed by atoms with Crippen molar-refractivity contribution in [2.75, 3.05) is 32.0 Å². The van der Waals surface area contributed by atoms with Crippen molar-refractivity contribution in [3.05, 3.63) is 40.0 Å². The summed E-state index contributed by atoms with van der Waals surface area (Å²) >= 11 is 0. The maximum absolute atomic E-state index is 10.9. The molecule has 0 saturated carbocycles. The molecule has 1 heterocycles. The predicted octanol–water partition coefficient (Wildman–Crippen LogP) is 4.29. The van der Waals surface area contributed by atoms with Crippen molar-refractivity contribution in [2.45, 2.75) is 45.3 Å². The van der Waals surface area contributed by atoms with Gasteiger partial charge in [-0.15, -0.1) is 0 Å². The Kier molecular flexibility index (Phi) is 6.26. The number of nitrogens with two attached hydrogens (primary N) is 1. The second-order valence-electron chi connectivity index (χ2n) is 8.42. The number of nitro benzene ring substituents is 1. The Labute approximate surface area is 157 Å². The zero-order valence-electron chi connectivity index (χ0n) is 16.5. The smallest absolute Gasteiger partial charge is 0.292 e. The molecular formula is C19H31N3O3Si. The number of hydrogen-bond acceptors (Lipinski definition) is 5. The number of anilines is 1. The van der Waals surface area contributed by atoms with Gasteiger partial charge in [0.15, 0.2) is 8.32 Å². The summed E-state index contributed by atoms with van der Waals surface area (Å²) < 4.78 is 6.26. The lowest BCUT2D eigenvalue weighted by molar-refractivity contribution is -0.383. The molecule has 0 aliphatic carbocycles. The van der Waals surface area contributed by atoms with Crippen LogP contribution in [0.15, 0.2) is 24.3 Å². The third-order valence-electron chi connectivity index (χ3n) is 5.56. The Morgan fingerprint density at radius 2 is 2.04 bits per heavy atom. The van der Waals surface area contributed by atoms with Gasteiger partial charge in [-0.1, -0.05) is 26.8 Å². The van der Waals surface area contributed by atoms with Crippen LogP contribution in [0.2, 0.25) is 18.1 Å².